The monoisotopic (exact) mass is 400 g/mol. The predicted octanol–water partition coefficient (Wildman–Crippen LogP) is 8.42. The lowest BCUT2D eigenvalue weighted by molar-refractivity contribution is 0.304. The summed E-state index contributed by atoms with van der Waals surface area (Å²) in [6.45, 7) is 2.92. The number of benzene rings is 2. The van der Waals surface area contributed by atoms with E-state index < -0.39 is 11.6 Å². The Morgan fingerprint density at radius 1 is 0.793 bits per heavy atom. The molecule has 0 unspecified atom stereocenters. The molecule has 0 N–H and O–H groups in total. The van der Waals surface area contributed by atoms with E-state index in [1.807, 2.05) is 24.3 Å². The Hall–Kier alpha value is -1.90. The van der Waals surface area contributed by atoms with Crippen molar-refractivity contribution in [2.75, 3.05) is 6.61 Å². The third-order valence-corrected chi connectivity index (χ3v) is 6.09. The summed E-state index contributed by atoms with van der Waals surface area (Å²) in [5.41, 5.74) is 1.55. The third-order valence-electron chi connectivity index (χ3n) is 6.09. The summed E-state index contributed by atoms with van der Waals surface area (Å²) in [5.74, 6) is -0.460. The highest BCUT2D eigenvalue weighted by Gasteiger charge is 2.22. The van der Waals surface area contributed by atoms with Crippen LogP contribution in [0.5, 0.6) is 5.75 Å². The Kier molecular flexibility index (Phi) is 8.52. The van der Waals surface area contributed by atoms with Crippen LogP contribution in [0, 0.1) is 11.6 Å². The Labute approximate surface area is 174 Å². The van der Waals surface area contributed by atoms with Crippen molar-refractivity contribution in [1.29, 1.82) is 0 Å². The van der Waals surface area contributed by atoms with Crippen LogP contribution in [0.2, 0.25) is 0 Å². The van der Waals surface area contributed by atoms with Crippen LogP contribution in [0.1, 0.15) is 89.0 Å². The summed E-state index contributed by atoms with van der Waals surface area (Å²) in [7, 11) is 0. The van der Waals surface area contributed by atoms with E-state index in [4.69, 9.17) is 4.74 Å². The van der Waals surface area contributed by atoms with Crippen LogP contribution in [0.15, 0.2) is 36.4 Å². The molecular formula is C26H34F2O. The molecule has 1 fully saturated rings. The molecule has 1 aliphatic rings. The minimum Gasteiger partial charge on any atom is -0.494 e. The van der Waals surface area contributed by atoms with Gasteiger partial charge >= 0.3 is 0 Å². The van der Waals surface area contributed by atoms with E-state index in [9.17, 15) is 8.78 Å². The second kappa shape index (κ2) is 11.3. The lowest BCUT2D eigenvalue weighted by Gasteiger charge is -2.23. The molecule has 158 valence electrons. The fourth-order valence-electron chi connectivity index (χ4n) is 4.32. The van der Waals surface area contributed by atoms with E-state index in [0.717, 1.165) is 37.9 Å². The topological polar surface area (TPSA) is 9.23 Å². The van der Waals surface area contributed by atoms with Crippen LogP contribution in [-0.4, -0.2) is 6.61 Å². The summed E-state index contributed by atoms with van der Waals surface area (Å²) in [6.07, 6.45) is 12.7. The van der Waals surface area contributed by atoms with Crippen LogP contribution in [0.25, 0.3) is 11.1 Å². The smallest absolute Gasteiger partial charge is 0.166 e. The van der Waals surface area contributed by atoms with E-state index in [1.54, 1.807) is 12.1 Å². The van der Waals surface area contributed by atoms with Crippen molar-refractivity contribution in [3.8, 4) is 16.9 Å². The van der Waals surface area contributed by atoms with Gasteiger partial charge in [0.05, 0.1) is 6.61 Å². The second-order valence-corrected chi connectivity index (χ2v) is 8.31. The standard InChI is InChI=1S/C26H34F2O/c1-2-3-4-5-6-10-19-29-22-15-13-21(14-16-22)24-18-17-23(25(27)26(24)28)20-11-8-7-9-12-20/h13-18,20H,2-12,19H2,1H3. The van der Waals surface area contributed by atoms with Gasteiger partial charge in [0.1, 0.15) is 5.75 Å². The molecule has 0 aliphatic heterocycles. The van der Waals surface area contributed by atoms with E-state index in [0.29, 0.717) is 23.3 Å². The third kappa shape index (κ3) is 6.04. The Balaban J connectivity index is 1.57. The maximum absolute atomic E-state index is 14.8. The quantitative estimate of drug-likeness (QED) is 0.364. The molecule has 0 spiro atoms. The Bertz CT molecular complexity index is 748. The molecule has 3 heteroatoms. The van der Waals surface area contributed by atoms with Gasteiger partial charge in [0.25, 0.3) is 0 Å². The van der Waals surface area contributed by atoms with Gasteiger partial charge in [0, 0.05) is 5.56 Å². The van der Waals surface area contributed by atoms with E-state index in [2.05, 4.69) is 6.92 Å². The first kappa shape index (κ1) is 21.8. The largest absolute Gasteiger partial charge is 0.494 e. The van der Waals surface area contributed by atoms with Crippen molar-refractivity contribution in [3.05, 3.63) is 53.6 Å². The zero-order valence-corrected chi connectivity index (χ0v) is 17.7. The van der Waals surface area contributed by atoms with Crippen molar-refractivity contribution in [2.45, 2.75) is 83.5 Å². The van der Waals surface area contributed by atoms with Crippen molar-refractivity contribution >= 4 is 0 Å². The van der Waals surface area contributed by atoms with Crippen molar-refractivity contribution < 1.29 is 13.5 Å². The molecule has 0 heterocycles. The highest BCUT2D eigenvalue weighted by molar-refractivity contribution is 5.65. The number of unbranched alkanes of at least 4 members (excludes halogenated alkanes) is 5. The fourth-order valence-corrected chi connectivity index (χ4v) is 4.32. The predicted molar refractivity (Wildman–Crippen MR) is 116 cm³/mol. The Morgan fingerprint density at radius 2 is 1.48 bits per heavy atom. The molecule has 29 heavy (non-hydrogen) atoms. The lowest BCUT2D eigenvalue weighted by Crippen LogP contribution is -2.08. The summed E-state index contributed by atoms with van der Waals surface area (Å²) < 4.78 is 35.3. The maximum Gasteiger partial charge on any atom is 0.166 e. The van der Waals surface area contributed by atoms with Crippen LogP contribution >= 0.6 is 0 Å². The first-order chi connectivity index (χ1) is 14.2. The van der Waals surface area contributed by atoms with Gasteiger partial charge in [-0.2, -0.15) is 0 Å². The van der Waals surface area contributed by atoms with Gasteiger partial charge in [0.15, 0.2) is 11.6 Å². The molecule has 0 saturated heterocycles. The number of ether oxygens (including phenoxy) is 1. The van der Waals surface area contributed by atoms with Crippen LogP contribution in [-0.2, 0) is 0 Å². The molecular weight excluding hydrogens is 366 g/mol. The molecule has 0 amide bonds. The van der Waals surface area contributed by atoms with Gasteiger partial charge in [-0.15, -0.1) is 0 Å². The molecule has 2 aromatic carbocycles. The minimum atomic E-state index is -0.728. The highest BCUT2D eigenvalue weighted by atomic mass is 19.2. The first-order valence-electron chi connectivity index (χ1n) is 11.4. The maximum atomic E-state index is 14.8. The summed E-state index contributed by atoms with van der Waals surface area (Å²) in [6, 6.07) is 10.8. The number of rotatable bonds is 10. The van der Waals surface area contributed by atoms with E-state index in [1.165, 1.54) is 38.5 Å². The van der Waals surface area contributed by atoms with E-state index in [-0.39, 0.29) is 5.92 Å². The van der Waals surface area contributed by atoms with Gasteiger partial charge in [-0.1, -0.05) is 82.6 Å². The molecule has 1 nitrogen and oxygen atoms in total. The first-order valence-corrected chi connectivity index (χ1v) is 11.4. The summed E-state index contributed by atoms with van der Waals surface area (Å²) in [4.78, 5) is 0. The molecule has 0 aromatic heterocycles. The fraction of sp³-hybridized carbons (Fsp3) is 0.538. The average Bonchev–Trinajstić information content (AvgIpc) is 2.76. The molecule has 2 aromatic rings. The lowest BCUT2D eigenvalue weighted by atomic mass is 9.83. The molecule has 0 atom stereocenters. The normalized spacial score (nSPS) is 14.9. The molecule has 0 bridgehead atoms. The molecule has 3 rings (SSSR count). The minimum absolute atomic E-state index is 0.157. The number of hydrogen-bond acceptors (Lipinski definition) is 1. The molecule has 1 aliphatic carbocycles. The Morgan fingerprint density at radius 3 is 2.21 bits per heavy atom. The van der Waals surface area contributed by atoms with Gasteiger partial charge in [0.2, 0.25) is 0 Å². The summed E-state index contributed by atoms with van der Waals surface area (Å²) in [5, 5.41) is 0. The highest BCUT2D eigenvalue weighted by Crippen LogP contribution is 2.37. The number of halogens is 2. The van der Waals surface area contributed by atoms with E-state index >= 15 is 0 Å². The van der Waals surface area contributed by atoms with Crippen LogP contribution < -0.4 is 4.74 Å². The van der Waals surface area contributed by atoms with Crippen molar-refractivity contribution in [1.82, 2.24) is 0 Å². The molecule has 1 saturated carbocycles. The summed E-state index contributed by atoms with van der Waals surface area (Å²) >= 11 is 0. The zero-order valence-electron chi connectivity index (χ0n) is 17.7. The SMILES string of the molecule is CCCCCCCCOc1ccc(-c2ccc(C3CCCCC3)c(F)c2F)cc1. The van der Waals surface area contributed by atoms with Crippen molar-refractivity contribution in [2.24, 2.45) is 0 Å². The van der Waals surface area contributed by atoms with Crippen LogP contribution in [0.3, 0.4) is 0 Å². The van der Waals surface area contributed by atoms with Crippen LogP contribution in [0.4, 0.5) is 8.78 Å². The molecule has 0 radical (unpaired) electrons. The number of hydrogen-bond donors (Lipinski definition) is 0. The van der Waals surface area contributed by atoms with Gasteiger partial charge in [-0.05, 0) is 48.4 Å². The zero-order chi connectivity index (χ0) is 20.5. The van der Waals surface area contributed by atoms with Gasteiger partial charge < -0.3 is 4.74 Å². The van der Waals surface area contributed by atoms with Gasteiger partial charge in [-0.25, -0.2) is 8.78 Å². The second-order valence-electron chi connectivity index (χ2n) is 8.31. The van der Waals surface area contributed by atoms with Crippen molar-refractivity contribution in [3.63, 3.8) is 0 Å². The average molecular weight is 401 g/mol. The van der Waals surface area contributed by atoms with Gasteiger partial charge in [-0.3, -0.25) is 0 Å².